The average molecular weight is 347 g/mol. The zero-order valence-corrected chi connectivity index (χ0v) is 15.3. The highest BCUT2D eigenvalue weighted by Crippen LogP contribution is 2.38. The van der Waals surface area contributed by atoms with Crippen LogP contribution in [0.2, 0.25) is 0 Å². The Hall–Kier alpha value is -2.54. The fourth-order valence-electron chi connectivity index (χ4n) is 2.91. The number of methoxy groups -OCH3 is 2. The molecule has 0 aliphatic carbocycles. The van der Waals surface area contributed by atoms with Crippen molar-refractivity contribution in [3.05, 3.63) is 41.2 Å². The first-order chi connectivity index (χ1) is 11.9. The summed E-state index contributed by atoms with van der Waals surface area (Å²) in [5, 5.41) is 14.0. The Morgan fingerprint density at radius 3 is 2.36 bits per heavy atom. The Bertz CT molecular complexity index is 717. The van der Waals surface area contributed by atoms with Crippen molar-refractivity contribution in [1.29, 1.82) is 0 Å². The number of carboxylic acids is 1. The van der Waals surface area contributed by atoms with E-state index in [4.69, 9.17) is 9.47 Å². The number of rotatable bonds is 8. The van der Waals surface area contributed by atoms with Gasteiger partial charge in [0.25, 0.3) is 0 Å². The molecule has 0 amide bonds. The van der Waals surface area contributed by atoms with E-state index in [1.807, 2.05) is 32.3 Å². The summed E-state index contributed by atoms with van der Waals surface area (Å²) in [4.78, 5) is 13.8. The minimum atomic E-state index is -0.950. The molecule has 1 heterocycles. The minimum absolute atomic E-state index is 0.512. The fourth-order valence-corrected chi connectivity index (χ4v) is 2.91. The Morgan fingerprint density at radius 1 is 1.32 bits per heavy atom. The van der Waals surface area contributed by atoms with Crippen molar-refractivity contribution < 1.29 is 19.4 Å². The summed E-state index contributed by atoms with van der Waals surface area (Å²) in [7, 11) is 6.71. The van der Waals surface area contributed by atoms with Gasteiger partial charge in [-0.3, -0.25) is 14.4 Å². The lowest BCUT2D eigenvalue weighted by Crippen LogP contribution is -2.33. The molecule has 0 unspecified atom stereocenters. The van der Waals surface area contributed by atoms with Gasteiger partial charge in [0, 0.05) is 19.8 Å². The van der Waals surface area contributed by atoms with E-state index in [-0.39, 0.29) is 0 Å². The molecule has 0 radical (unpaired) electrons. The molecular formula is C18H25N3O4. The summed E-state index contributed by atoms with van der Waals surface area (Å²) in [6, 6.07) is 2.77. The van der Waals surface area contributed by atoms with E-state index in [1.54, 1.807) is 22.8 Å². The molecule has 0 fully saturated rings. The quantitative estimate of drug-likeness (QED) is 0.787. The van der Waals surface area contributed by atoms with Gasteiger partial charge >= 0.3 is 5.97 Å². The molecule has 25 heavy (non-hydrogen) atoms. The van der Waals surface area contributed by atoms with Crippen molar-refractivity contribution in [2.45, 2.75) is 19.4 Å². The predicted molar refractivity (Wildman–Crippen MR) is 94.2 cm³/mol. The molecule has 2 rings (SSSR count). The molecule has 1 aromatic heterocycles. The van der Waals surface area contributed by atoms with Crippen LogP contribution in [0.15, 0.2) is 24.5 Å². The molecule has 0 saturated carbocycles. The second-order valence-corrected chi connectivity index (χ2v) is 6.08. The summed E-state index contributed by atoms with van der Waals surface area (Å²) in [6.45, 7) is 2.47. The molecule has 7 heteroatoms. The molecule has 0 aliphatic heterocycles. The van der Waals surface area contributed by atoms with E-state index in [0.717, 1.165) is 11.1 Å². The molecule has 136 valence electrons. The highest BCUT2D eigenvalue weighted by molar-refractivity contribution is 5.78. The zero-order chi connectivity index (χ0) is 18.6. The fraction of sp³-hybridized carbons (Fsp3) is 0.444. The van der Waals surface area contributed by atoms with Crippen LogP contribution >= 0.6 is 0 Å². The highest BCUT2D eigenvalue weighted by Gasteiger charge is 2.31. The standard InChI is InChI=1S/C18H25N3O4/c1-12-8-14(24-4)16(15(9-12)25-5)17(18(22)23)20(2)7-6-13-10-19-21(3)11-13/h8-11,17H,6-7H2,1-5H3,(H,22,23)/t17-/m1/s1. The number of likely N-dealkylation sites (N-methyl/N-ethyl adjacent to an activating group) is 1. The molecule has 0 aliphatic rings. The maximum Gasteiger partial charge on any atom is 0.325 e. The van der Waals surface area contributed by atoms with Gasteiger partial charge in [-0.15, -0.1) is 0 Å². The normalized spacial score (nSPS) is 12.2. The largest absolute Gasteiger partial charge is 0.496 e. The molecule has 0 spiro atoms. The van der Waals surface area contributed by atoms with Gasteiger partial charge in [0.15, 0.2) is 0 Å². The monoisotopic (exact) mass is 347 g/mol. The predicted octanol–water partition coefficient (Wildman–Crippen LogP) is 2.05. The summed E-state index contributed by atoms with van der Waals surface area (Å²) < 4.78 is 12.6. The van der Waals surface area contributed by atoms with Gasteiger partial charge in [-0.2, -0.15) is 5.10 Å². The van der Waals surface area contributed by atoms with Gasteiger partial charge in [-0.25, -0.2) is 0 Å². The van der Waals surface area contributed by atoms with Crippen LogP contribution in [-0.2, 0) is 18.3 Å². The van der Waals surface area contributed by atoms with Crippen molar-refractivity contribution in [2.75, 3.05) is 27.8 Å². The van der Waals surface area contributed by atoms with Crippen molar-refractivity contribution >= 4 is 5.97 Å². The molecule has 0 saturated heterocycles. The number of carboxylic acid groups (broad SMARTS) is 1. The van der Waals surface area contributed by atoms with Crippen LogP contribution in [0.4, 0.5) is 0 Å². The summed E-state index contributed by atoms with van der Waals surface area (Å²) in [6.07, 6.45) is 4.41. The summed E-state index contributed by atoms with van der Waals surface area (Å²) in [5.41, 5.74) is 2.53. The second-order valence-electron chi connectivity index (χ2n) is 6.08. The Kier molecular flexibility index (Phi) is 6.03. The van der Waals surface area contributed by atoms with E-state index in [2.05, 4.69) is 5.10 Å². The van der Waals surface area contributed by atoms with Crippen molar-refractivity contribution in [2.24, 2.45) is 7.05 Å². The van der Waals surface area contributed by atoms with E-state index in [9.17, 15) is 9.90 Å². The van der Waals surface area contributed by atoms with Gasteiger partial charge in [0.05, 0.1) is 26.0 Å². The van der Waals surface area contributed by atoms with E-state index in [1.165, 1.54) is 14.2 Å². The van der Waals surface area contributed by atoms with E-state index >= 15 is 0 Å². The maximum absolute atomic E-state index is 12.0. The first kappa shape index (κ1) is 18.8. The van der Waals surface area contributed by atoms with Crippen LogP contribution in [0.1, 0.15) is 22.7 Å². The molecule has 1 aromatic carbocycles. The van der Waals surface area contributed by atoms with Gasteiger partial charge < -0.3 is 14.6 Å². The first-order valence-electron chi connectivity index (χ1n) is 8.00. The first-order valence-corrected chi connectivity index (χ1v) is 8.00. The molecule has 1 atom stereocenters. The van der Waals surface area contributed by atoms with Crippen LogP contribution in [0.5, 0.6) is 11.5 Å². The van der Waals surface area contributed by atoms with Crippen molar-refractivity contribution in [3.63, 3.8) is 0 Å². The maximum atomic E-state index is 12.0. The summed E-state index contributed by atoms with van der Waals surface area (Å²) in [5.74, 6) is 0.0732. The Morgan fingerprint density at radius 2 is 1.92 bits per heavy atom. The van der Waals surface area contributed by atoms with E-state index in [0.29, 0.717) is 30.0 Å². The number of aromatic nitrogens is 2. The molecule has 2 aromatic rings. The van der Waals surface area contributed by atoms with Gasteiger partial charge in [-0.1, -0.05) is 0 Å². The third-order valence-corrected chi connectivity index (χ3v) is 4.15. The number of carbonyl (C=O) groups is 1. The molecular weight excluding hydrogens is 322 g/mol. The number of hydrogen-bond donors (Lipinski definition) is 1. The van der Waals surface area contributed by atoms with Crippen LogP contribution in [0.3, 0.4) is 0 Å². The smallest absolute Gasteiger partial charge is 0.325 e. The number of nitrogens with zero attached hydrogens (tertiary/aromatic N) is 3. The number of hydrogen-bond acceptors (Lipinski definition) is 5. The van der Waals surface area contributed by atoms with Gasteiger partial charge in [0.2, 0.25) is 0 Å². The lowest BCUT2D eigenvalue weighted by atomic mass is 10.0. The number of aliphatic carboxylic acids is 1. The van der Waals surface area contributed by atoms with Crippen LogP contribution in [-0.4, -0.2) is 53.6 Å². The third-order valence-electron chi connectivity index (χ3n) is 4.15. The van der Waals surface area contributed by atoms with Crippen LogP contribution in [0, 0.1) is 6.92 Å². The topological polar surface area (TPSA) is 76.8 Å². The lowest BCUT2D eigenvalue weighted by Gasteiger charge is -2.27. The van der Waals surface area contributed by atoms with Gasteiger partial charge in [-0.05, 0) is 43.7 Å². The Balaban J connectivity index is 2.32. The number of ether oxygens (including phenoxy) is 2. The molecule has 1 N–H and O–H groups in total. The van der Waals surface area contributed by atoms with Crippen LogP contribution in [0.25, 0.3) is 0 Å². The van der Waals surface area contributed by atoms with Crippen LogP contribution < -0.4 is 9.47 Å². The Labute approximate surface area is 147 Å². The minimum Gasteiger partial charge on any atom is -0.496 e. The summed E-state index contributed by atoms with van der Waals surface area (Å²) >= 11 is 0. The SMILES string of the molecule is COc1cc(C)cc(OC)c1[C@H](C(=O)O)N(C)CCc1cnn(C)c1. The van der Waals surface area contributed by atoms with Crippen molar-refractivity contribution in [1.82, 2.24) is 14.7 Å². The van der Waals surface area contributed by atoms with E-state index < -0.39 is 12.0 Å². The average Bonchev–Trinajstić information content (AvgIpc) is 2.99. The highest BCUT2D eigenvalue weighted by atomic mass is 16.5. The van der Waals surface area contributed by atoms with Crippen molar-refractivity contribution in [3.8, 4) is 11.5 Å². The van der Waals surface area contributed by atoms with Gasteiger partial charge in [0.1, 0.15) is 17.5 Å². The zero-order valence-electron chi connectivity index (χ0n) is 15.3. The third kappa shape index (κ3) is 4.30. The number of benzene rings is 1. The molecule has 7 nitrogen and oxygen atoms in total. The lowest BCUT2D eigenvalue weighted by molar-refractivity contribution is -0.143. The molecule has 0 bridgehead atoms. The second kappa shape index (κ2) is 8.02. The number of aryl methyl sites for hydroxylation is 2.